The first kappa shape index (κ1) is 10.3. The van der Waals surface area contributed by atoms with E-state index in [4.69, 9.17) is 0 Å². The lowest BCUT2D eigenvalue weighted by Gasteiger charge is -2.06. The number of halogens is 1. The van der Waals surface area contributed by atoms with Crippen LogP contribution in [0.15, 0.2) is 24.3 Å². The molecule has 2 atom stereocenters. The van der Waals surface area contributed by atoms with Crippen LogP contribution in [0.25, 0.3) is 0 Å². The molecule has 0 fully saturated rings. The number of benzene rings is 1. The summed E-state index contributed by atoms with van der Waals surface area (Å²) in [5.41, 5.74) is 1.25. The van der Waals surface area contributed by atoms with Gasteiger partial charge in [0.05, 0.1) is 0 Å². The van der Waals surface area contributed by atoms with E-state index in [1.54, 1.807) is 24.3 Å². The van der Waals surface area contributed by atoms with Gasteiger partial charge in [-0.2, -0.15) is 0 Å². The maximum absolute atomic E-state index is 12.7. The molecule has 72 valence electrons. The van der Waals surface area contributed by atoms with Crippen LogP contribution in [0, 0.1) is 0 Å². The molecule has 0 aliphatic carbocycles. The molecule has 0 aromatic heterocycles. The van der Waals surface area contributed by atoms with Crippen LogP contribution in [0.5, 0.6) is 0 Å². The Morgan fingerprint density at radius 2 is 2.00 bits per heavy atom. The fourth-order valence-electron chi connectivity index (χ4n) is 1.02. The summed E-state index contributed by atoms with van der Waals surface area (Å²) in [5, 5.41) is 0. The first-order valence-corrected chi connectivity index (χ1v) is 5.13. The summed E-state index contributed by atoms with van der Waals surface area (Å²) in [7, 11) is 0. The molecule has 0 aliphatic heterocycles. The van der Waals surface area contributed by atoms with Gasteiger partial charge in [-0.05, 0) is 18.1 Å². The van der Waals surface area contributed by atoms with Gasteiger partial charge >= 0.3 is 0 Å². The fourth-order valence-corrected chi connectivity index (χ4v) is 1.48. The molecule has 1 aromatic carbocycles. The van der Waals surface area contributed by atoms with Gasteiger partial charge in [-0.1, -0.05) is 35.3 Å². The van der Waals surface area contributed by atoms with Crippen molar-refractivity contribution in [3.8, 4) is 0 Å². The highest BCUT2D eigenvalue weighted by atomic mass is 32.2. The van der Waals surface area contributed by atoms with E-state index in [1.807, 2.05) is 0 Å². The maximum atomic E-state index is 12.7. The zero-order chi connectivity index (χ0) is 9.84. The molecule has 1 rings (SSSR count). The number of hydrogen-bond acceptors (Lipinski definition) is 2. The van der Waals surface area contributed by atoms with E-state index in [0.29, 0.717) is 11.1 Å². The van der Waals surface area contributed by atoms with E-state index >= 15 is 0 Å². The Kier molecular flexibility index (Phi) is 3.57. The van der Waals surface area contributed by atoms with Gasteiger partial charge in [-0.15, -0.1) is 0 Å². The molecule has 0 bridgehead atoms. The van der Waals surface area contributed by atoms with Crippen LogP contribution in [-0.4, -0.2) is 8.76 Å². The van der Waals surface area contributed by atoms with Gasteiger partial charge in [0.2, 0.25) is 0 Å². The molecule has 0 heterocycles. The molecule has 1 aromatic rings. The summed E-state index contributed by atoms with van der Waals surface area (Å²) in [6.45, 7) is 1.45. The average Bonchev–Trinajstić information content (AvgIpc) is 2.04. The molecule has 4 heteroatoms. The number of alkyl halides is 1. The molecule has 0 amide bonds. The van der Waals surface area contributed by atoms with Crippen LogP contribution in [0.2, 0.25) is 0 Å². The molecule has 0 N–H and O–H groups in total. The van der Waals surface area contributed by atoms with Crippen molar-refractivity contribution in [3.05, 3.63) is 35.4 Å². The molecule has 0 radical (unpaired) electrons. The van der Waals surface area contributed by atoms with Gasteiger partial charge in [0.25, 0.3) is 0 Å². The monoisotopic (exact) mass is 201 g/mol. The molecule has 2 unspecified atom stereocenters. The summed E-state index contributed by atoms with van der Waals surface area (Å²) < 4.78 is 33.3. The Labute approximate surface area is 79.1 Å². The van der Waals surface area contributed by atoms with Crippen LogP contribution < -0.4 is 0 Å². The minimum absolute atomic E-state index is 0.0129. The molecule has 0 saturated heterocycles. The summed E-state index contributed by atoms with van der Waals surface area (Å²) in [6, 6.07) is 6.46. The third kappa shape index (κ3) is 3.24. The summed E-state index contributed by atoms with van der Waals surface area (Å²) in [6.07, 6.45) is -1.01. The molecule has 13 heavy (non-hydrogen) atoms. The summed E-state index contributed by atoms with van der Waals surface area (Å²) in [5.74, 6) is -0.0129. The fraction of sp³-hybridized carbons (Fsp3) is 0.333. The van der Waals surface area contributed by atoms with Crippen LogP contribution >= 0.6 is 0 Å². The van der Waals surface area contributed by atoms with Gasteiger partial charge in [-0.25, -0.2) is 4.39 Å². The second-order valence-corrected chi connectivity index (χ2v) is 3.70. The van der Waals surface area contributed by atoms with Crippen molar-refractivity contribution in [1.82, 2.24) is 0 Å². The number of rotatable bonds is 3. The molecule has 0 saturated carbocycles. The average molecular weight is 201 g/mol. The van der Waals surface area contributed by atoms with Crippen molar-refractivity contribution in [3.63, 3.8) is 0 Å². The molecular weight excluding hydrogens is 191 g/mol. The summed E-state index contributed by atoms with van der Waals surface area (Å²) in [4.78, 5) is 0. The highest BCUT2D eigenvalue weighted by molar-refractivity contribution is 7.78. The SMILES string of the molecule is CC(F)c1ccc(CS(=O)[O-])cc1. The Bertz CT molecular complexity index is 295. The van der Waals surface area contributed by atoms with Gasteiger partial charge in [-0.3, -0.25) is 4.21 Å². The predicted octanol–water partition coefficient (Wildman–Crippen LogP) is 2.10. The lowest BCUT2D eigenvalue weighted by Crippen LogP contribution is -1.94. The van der Waals surface area contributed by atoms with Gasteiger partial charge in [0.15, 0.2) is 0 Å². The van der Waals surface area contributed by atoms with Gasteiger partial charge in [0.1, 0.15) is 6.17 Å². The molecule has 0 aliphatic rings. The lowest BCUT2D eigenvalue weighted by atomic mass is 10.1. The Morgan fingerprint density at radius 1 is 1.46 bits per heavy atom. The van der Waals surface area contributed by atoms with Crippen LogP contribution in [0.3, 0.4) is 0 Å². The first-order valence-electron chi connectivity index (χ1n) is 3.88. The van der Waals surface area contributed by atoms with Crippen molar-refractivity contribution in [2.75, 3.05) is 0 Å². The first-order chi connectivity index (χ1) is 6.09. The van der Waals surface area contributed by atoms with Crippen molar-refractivity contribution in [2.24, 2.45) is 0 Å². The Balaban J connectivity index is 2.75. The zero-order valence-corrected chi connectivity index (χ0v) is 8.01. The van der Waals surface area contributed by atoms with Gasteiger partial charge in [0, 0.05) is 5.75 Å². The lowest BCUT2D eigenvalue weighted by molar-refractivity contribution is 0.374. The minimum Gasteiger partial charge on any atom is -0.772 e. The highest BCUT2D eigenvalue weighted by Crippen LogP contribution is 2.16. The molecule has 2 nitrogen and oxygen atoms in total. The predicted molar refractivity (Wildman–Crippen MR) is 48.6 cm³/mol. The Hall–Kier alpha value is -0.740. The van der Waals surface area contributed by atoms with Crippen molar-refractivity contribution in [1.29, 1.82) is 0 Å². The van der Waals surface area contributed by atoms with Crippen LogP contribution in [0.4, 0.5) is 4.39 Å². The quantitative estimate of drug-likeness (QED) is 0.702. The van der Waals surface area contributed by atoms with E-state index in [2.05, 4.69) is 0 Å². The Morgan fingerprint density at radius 3 is 2.38 bits per heavy atom. The van der Waals surface area contributed by atoms with Crippen molar-refractivity contribution < 1.29 is 13.2 Å². The maximum Gasteiger partial charge on any atom is 0.122 e. The van der Waals surface area contributed by atoms with E-state index in [0.717, 1.165) is 0 Å². The zero-order valence-electron chi connectivity index (χ0n) is 7.20. The summed E-state index contributed by atoms with van der Waals surface area (Å²) >= 11 is -2.08. The largest absolute Gasteiger partial charge is 0.772 e. The second-order valence-electron chi connectivity index (χ2n) is 2.81. The van der Waals surface area contributed by atoms with E-state index < -0.39 is 17.3 Å². The van der Waals surface area contributed by atoms with Crippen LogP contribution in [0.1, 0.15) is 24.2 Å². The second kappa shape index (κ2) is 4.48. The third-order valence-electron chi connectivity index (χ3n) is 1.72. The van der Waals surface area contributed by atoms with Crippen molar-refractivity contribution in [2.45, 2.75) is 18.8 Å². The third-order valence-corrected chi connectivity index (χ3v) is 2.29. The number of hydrogen-bond donors (Lipinski definition) is 0. The normalized spacial score (nSPS) is 15.3. The van der Waals surface area contributed by atoms with E-state index in [1.165, 1.54) is 6.92 Å². The standard InChI is InChI=1S/C9H11FO2S/c1-7(10)9-4-2-8(3-5-9)6-13(11)12/h2-5,7H,6H2,1H3,(H,11,12)/p-1. The van der Waals surface area contributed by atoms with E-state index in [-0.39, 0.29) is 5.75 Å². The smallest absolute Gasteiger partial charge is 0.122 e. The highest BCUT2D eigenvalue weighted by Gasteiger charge is 2.01. The molecule has 0 spiro atoms. The topological polar surface area (TPSA) is 40.1 Å². The van der Waals surface area contributed by atoms with E-state index in [9.17, 15) is 13.2 Å². The van der Waals surface area contributed by atoms with Gasteiger partial charge < -0.3 is 4.55 Å². The van der Waals surface area contributed by atoms with Crippen LogP contribution in [-0.2, 0) is 16.8 Å². The van der Waals surface area contributed by atoms with Crippen molar-refractivity contribution >= 4 is 11.1 Å². The molecular formula is C9H10FO2S-. The minimum atomic E-state index is -2.08.